The Hall–Kier alpha value is -3.69. The summed E-state index contributed by atoms with van der Waals surface area (Å²) in [5, 5.41) is 0. The number of ether oxygens (including phenoxy) is 2. The van der Waals surface area contributed by atoms with E-state index in [-0.39, 0.29) is 17.9 Å². The van der Waals surface area contributed by atoms with Gasteiger partial charge in [-0.15, -0.1) is 0 Å². The minimum absolute atomic E-state index is 0.0224. The van der Waals surface area contributed by atoms with Crippen LogP contribution in [0, 0.1) is 17.8 Å². The monoisotopic (exact) mass is 628 g/mol. The SMILES string of the molecule is COc1cc(-c2ccnc(N(CC3CCN(c4ccc(N(C)C)cc4)CC3C)C(=O)C3CCC(OCCN(C)C)CC3)c2)ccn1. The number of pyridine rings is 2. The molecule has 9 nitrogen and oxygen atoms in total. The molecule has 9 heteroatoms. The second-order valence-corrected chi connectivity index (χ2v) is 13.5. The number of aromatic nitrogens is 2. The third kappa shape index (κ3) is 8.56. The number of benzene rings is 1. The molecule has 3 aromatic rings. The average Bonchev–Trinajstić information content (AvgIpc) is 3.07. The molecule has 0 spiro atoms. The molecule has 2 atom stereocenters. The zero-order valence-electron chi connectivity index (χ0n) is 28.6. The average molecular weight is 629 g/mol. The molecule has 5 rings (SSSR count). The first-order valence-electron chi connectivity index (χ1n) is 16.8. The fraction of sp³-hybridized carbons (Fsp3) is 0.541. The van der Waals surface area contributed by atoms with Crippen LogP contribution in [-0.4, -0.2) is 95.0 Å². The van der Waals surface area contributed by atoms with Crippen LogP contribution in [0.2, 0.25) is 0 Å². The number of carbonyl (C=O) groups excluding carboxylic acids is 1. The van der Waals surface area contributed by atoms with Gasteiger partial charge in [0.15, 0.2) is 0 Å². The molecular weight excluding hydrogens is 576 g/mol. The van der Waals surface area contributed by atoms with Crippen molar-refractivity contribution in [2.45, 2.75) is 45.1 Å². The van der Waals surface area contributed by atoms with Gasteiger partial charge in [-0.25, -0.2) is 9.97 Å². The van der Waals surface area contributed by atoms with Crippen LogP contribution < -0.4 is 19.4 Å². The third-order valence-electron chi connectivity index (χ3n) is 9.71. The second kappa shape index (κ2) is 15.7. The van der Waals surface area contributed by atoms with E-state index >= 15 is 0 Å². The Bertz CT molecular complexity index is 1410. The molecule has 3 heterocycles. The van der Waals surface area contributed by atoms with E-state index in [1.54, 1.807) is 13.3 Å². The lowest BCUT2D eigenvalue weighted by molar-refractivity contribution is -0.124. The standard InChI is InChI=1S/C37H52N6O3/c1-27-25-42(33-11-9-32(10-12-33)41(4)5)20-17-31(27)26-43(37(44)28-7-13-34(14-8-28)46-22-21-40(2)3)35-23-29(15-18-38-35)30-16-19-39-36(24-30)45-6/h9-12,15-16,18-19,23-24,27-28,31,34H,7-8,13-14,17,20-22,25-26H2,1-6H3. The molecule has 1 aliphatic carbocycles. The molecule has 248 valence electrons. The second-order valence-electron chi connectivity index (χ2n) is 13.5. The van der Waals surface area contributed by atoms with Crippen LogP contribution in [0.4, 0.5) is 17.2 Å². The van der Waals surface area contributed by atoms with Gasteiger partial charge in [-0.05, 0) is 112 Å². The van der Waals surface area contributed by atoms with Crippen molar-refractivity contribution in [2.24, 2.45) is 17.8 Å². The molecule has 2 aromatic heterocycles. The summed E-state index contributed by atoms with van der Waals surface area (Å²) in [6.07, 6.45) is 8.36. The first kappa shape index (κ1) is 33.7. The number of anilines is 3. The molecule has 1 amide bonds. The van der Waals surface area contributed by atoms with Gasteiger partial charge in [0, 0.05) is 76.0 Å². The molecule has 1 aromatic carbocycles. The lowest BCUT2D eigenvalue weighted by atomic mass is 9.84. The van der Waals surface area contributed by atoms with Crippen molar-refractivity contribution < 1.29 is 14.3 Å². The summed E-state index contributed by atoms with van der Waals surface area (Å²) in [7, 11) is 9.89. The molecule has 0 radical (unpaired) electrons. The van der Waals surface area contributed by atoms with Crippen molar-refractivity contribution in [3.8, 4) is 17.0 Å². The Labute approximate surface area is 275 Å². The van der Waals surface area contributed by atoms with E-state index in [1.807, 2.05) is 29.3 Å². The van der Waals surface area contributed by atoms with Crippen LogP contribution in [0.25, 0.3) is 11.1 Å². The molecule has 2 unspecified atom stereocenters. The minimum Gasteiger partial charge on any atom is -0.481 e. The summed E-state index contributed by atoms with van der Waals surface area (Å²) in [5.74, 6) is 2.25. The van der Waals surface area contributed by atoms with Gasteiger partial charge in [-0.2, -0.15) is 0 Å². The van der Waals surface area contributed by atoms with Gasteiger partial charge in [0.25, 0.3) is 0 Å². The number of likely N-dealkylation sites (N-methyl/N-ethyl adjacent to an activating group) is 1. The predicted molar refractivity (Wildman–Crippen MR) is 187 cm³/mol. The third-order valence-corrected chi connectivity index (χ3v) is 9.71. The number of carbonyl (C=O) groups is 1. The summed E-state index contributed by atoms with van der Waals surface area (Å²) in [6.45, 7) is 6.58. The number of nitrogens with zero attached hydrogens (tertiary/aromatic N) is 6. The number of piperidine rings is 1. The maximum atomic E-state index is 14.4. The number of amides is 1. The first-order chi connectivity index (χ1) is 22.2. The van der Waals surface area contributed by atoms with Gasteiger partial charge in [-0.1, -0.05) is 6.92 Å². The van der Waals surface area contributed by atoms with Crippen LogP contribution in [-0.2, 0) is 9.53 Å². The van der Waals surface area contributed by atoms with Crippen LogP contribution in [0.15, 0.2) is 60.9 Å². The van der Waals surface area contributed by atoms with Crippen molar-refractivity contribution in [3.05, 3.63) is 60.9 Å². The Morgan fingerprint density at radius 1 is 0.913 bits per heavy atom. The highest BCUT2D eigenvalue weighted by molar-refractivity contribution is 5.94. The van der Waals surface area contributed by atoms with Crippen molar-refractivity contribution >= 4 is 23.1 Å². The molecule has 1 saturated heterocycles. The quantitative estimate of drug-likeness (QED) is 0.247. The Balaban J connectivity index is 1.32. The van der Waals surface area contributed by atoms with Gasteiger partial charge in [0.1, 0.15) is 5.82 Å². The van der Waals surface area contributed by atoms with Crippen molar-refractivity contribution in [1.82, 2.24) is 14.9 Å². The number of rotatable bonds is 12. The van der Waals surface area contributed by atoms with E-state index in [9.17, 15) is 4.79 Å². The van der Waals surface area contributed by atoms with Gasteiger partial charge in [-0.3, -0.25) is 9.69 Å². The fourth-order valence-electron chi connectivity index (χ4n) is 6.74. The summed E-state index contributed by atoms with van der Waals surface area (Å²) >= 11 is 0. The molecule has 0 N–H and O–H groups in total. The molecule has 2 fully saturated rings. The van der Waals surface area contributed by atoms with Crippen LogP contribution in [0.3, 0.4) is 0 Å². The Morgan fingerprint density at radius 2 is 1.61 bits per heavy atom. The number of hydrogen-bond donors (Lipinski definition) is 0. The molecule has 2 aliphatic rings. The Kier molecular flexibility index (Phi) is 11.5. The van der Waals surface area contributed by atoms with Crippen LogP contribution >= 0.6 is 0 Å². The molecular formula is C37H52N6O3. The molecule has 0 bridgehead atoms. The summed E-state index contributed by atoms with van der Waals surface area (Å²) in [5.41, 5.74) is 4.44. The highest BCUT2D eigenvalue weighted by atomic mass is 16.5. The van der Waals surface area contributed by atoms with Crippen molar-refractivity contribution in [2.75, 3.05) is 82.8 Å². The van der Waals surface area contributed by atoms with E-state index in [2.05, 4.69) is 85.1 Å². The van der Waals surface area contributed by atoms with E-state index in [0.717, 1.165) is 75.3 Å². The highest BCUT2D eigenvalue weighted by Crippen LogP contribution is 2.34. The van der Waals surface area contributed by atoms with E-state index < -0.39 is 0 Å². The fourth-order valence-corrected chi connectivity index (χ4v) is 6.74. The largest absolute Gasteiger partial charge is 0.481 e. The summed E-state index contributed by atoms with van der Waals surface area (Å²) in [4.78, 5) is 32.2. The topological polar surface area (TPSA) is 74.3 Å². The maximum Gasteiger partial charge on any atom is 0.231 e. The smallest absolute Gasteiger partial charge is 0.231 e. The molecule has 46 heavy (non-hydrogen) atoms. The van der Waals surface area contributed by atoms with E-state index in [0.29, 0.717) is 24.3 Å². The number of hydrogen-bond acceptors (Lipinski definition) is 8. The van der Waals surface area contributed by atoms with E-state index in [4.69, 9.17) is 14.5 Å². The lowest BCUT2D eigenvalue weighted by Gasteiger charge is -2.41. The Morgan fingerprint density at radius 3 is 2.26 bits per heavy atom. The van der Waals surface area contributed by atoms with Crippen molar-refractivity contribution in [3.63, 3.8) is 0 Å². The maximum absolute atomic E-state index is 14.4. The molecule has 1 aliphatic heterocycles. The number of methoxy groups -OCH3 is 1. The van der Waals surface area contributed by atoms with Gasteiger partial charge in [0.05, 0.1) is 19.8 Å². The normalized spacial score (nSPS) is 21.7. The zero-order chi connectivity index (χ0) is 32.6. The van der Waals surface area contributed by atoms with E-state index in [1.165, 1.54) is 11.4 Å². The van der Waals surface area contributed by atoms with Crippen LogP contribution in [0.5, 0.6) is 5.88 Å². The van der Waals surface area contributed by atoms with Gasteiger partial charge >= 0.3 is 0 Å². The first-order valence-corrected chi connectivity index (χ1v) is 16.8. The van der Waals surface area contributed by atoms with Gasteiger partial charge < -0.3 is 24.2 Å². The van der Waals surface area contributed by atoms with Crippen molar-refractivity contribution in [1.29, 1.82) is 0 Å². The van der Waals surface area contributed by atoms with Crippen LogP contribution in [0.1, 0.15) is 39.0 Å². The predicted octanol–water partition coefficient (Wildman–Crippen LogP) is 5.85. The minimum atomic E-state index is -0.0224. The summed E-state index contributed by atoms with van der Waals surface area (Å²) in [6, 6.07) is 16.7. The summed E-state index contributed by atoms with van der Waals surface area (Å²) < 4.78 is 11.5. The molecule has 1 saturated carbocycles. The zero-order valence-corrected chi connectivity index (χ0v) is 28.6. The highest BCUT2D eigenvalue weighted by Gasteiger charge is 2.35. The lowest BCUT2D eigenvalue weighted by Crippen LogP contribution is -2.47. The van der Waals surface area contributed by atoms with Gasteiger partial charge in [0.2, 0.25) is 11.8 Å².